The lowest BCUT2D eigenvalue weighted by Gasteiger charge is -2.37. The number of rotatable bonds is 2. The van der Waals surface area contributed by atoms with Gasteiger partial charge in [-0.2, -0.15) is 13.2 Å². The highest BCUT2D eigenvalue weighted by atomic mass is 19.4. The molecule has 0 saturated carbocycles. The fourth-order valence-electron chi connectivity index (χ4n) is 6.07. The molecule has 2 fully saturated rings. The Balaban J connectivity index is 1.35. The van der Waals surface area contributed by atoms with Gasteiger partial charge in [-0.1, -0.05) is 18.2 Å². The number of aromatic nitrogens is 1. The fraction of sp³-hybridized carbons (Fsp3) is 0.548. The number of halogens is 3. The van der Waals surface area contributed by atoms with Crippen LogP contribution < -0.4 is 10.1 Å². The van der Waals surface area contributed by atoms with E-state index < -0.39 is 23.7 Å². The van der Waals surface area contributed by atoms with Crippen molar-refractivity contribution in [1.82, 2.24) is 25.0 Å². The number of hydrogen-bond acceptors (Lipinski definition) is 7. The van der Waals surface area contributed by atoms with Gasteiger partial charge in [0.2, 0.25) is 17.7 Å². The quantitative estimate of drug-likeness (QED) is 0.517. The number of pyridine rings is 1. The molecular weight excluding hydrogens is 579 g/mol. The molecule has 1 aromatic carbocycles. The summed E-state index contributed by atoms with van der Waals surface area (Å²) in [4.78, 5) is 49.2. The Kier molecular flexibility index (Phi) is 10.0. The Morgan fingerprint density at radius 1 is 1.00 bits per heavy atom. The largest absolute Gasteiger partial charge is 0.475 e. The molecule has 10 nitrogen and oxygen atoms in total. The second-order valence-electron chi connectivity index (χ2n) is 11.6. The van der Waals surface area contributed by atoms with Crippen molar-refractivity contribution in [1.29, 1.82) is 0 Å². The lowest BCUT2D eigenvalue weighted by molar-refractivity contribution is -0.138. The van der Waals surface area contributed by atoms with Gasteiger partial charge in [0.1, 0.15) is 12.3 Å². The van der Waals surface area contributed by atoms with Crippen LogP contribution in [0.4, 0.5) is 13.2 Å². The average Bonchev–Trinajstić information content (AvgIpc) is 3.39. The smallest absolute Gasteiger partial charge is 0.416 e. The number of benzene rings is 1. The molecule has 3 amide bonds. The molecule has 1 aromatic heterocycles. The molecular formula is C31H38F3N5O5. The highest BCUT2D eigenvalue weighted by Gasteiger charge is 2.40. The third-order valence-electron chi connectivity index (χ3n) is 8.48. The van der Waals surface area contributed by atoms with Gasteiger partial charge in [0.05, 0.1) is 24.8 Å². The van der Waals surface area contributed by atoms with E-state index in [-0.39, 0.29) is 48.5 Å². The van der Waals surface area contributed by atoms with Crippen LogP contribution in [0.15, 0.2) is 42.5 Å². The molecule has 0 radical (unpaired) electrons. The summed E-state index contributed by atoms with van der Waals surface area (Å²) >= 11 is 0. The maximum absolute atomic E-state index is 13.9. The number of nitrogens with zero attached hydrogens (tertiary/aromatic N) is 4. The zero-order valence-corrected chi connectivity index (χ0v) is 24.7. The summed E-state index contributed by atoms with van der Waals surface area (Å²) in [6, 6.07) is 8.90. The molecule has 6 rings (SSSR count). The van der Waals surface area contributed by atoms with Crippen molar-refractivity contribution in [3.8, 4) is 5.88 Å². The molecule has 4 aliphatic heterocycles. The third kappa shape index (κ3) is 8.06. The van der Waals surface area contributed by atoms with E-state index >= 15 is 0 Å². The second kappa shape index (κ2) is 13.9. The van der Waals surface area contributed by atoms with Crippen LogP contribution in [0.2, 0.25) is 0 Å². The molecule has 2 aromatic rings. The highest BCUT2D eigenvalue weighted by molar-refractivity contribution is 5.92. The lowest BCUT2D eigenvalue weighted by Crippen LogP contribution is -2.49. The van der Waals surface area contributed by atoms with Gasteiger partial charge in [-0.25, -0.2) is 4.98 Å². The van der Waals surface area contributed by atoms with E-state index in [0.717, 1.165) is 25.0 Å². The Morgan fingerprint density at radius 3 is 2.45 bits per heavy atom. The topological polar surface area (TPSA) is 104 Å². The van der Waals surface area contributed by atoms with Crippen molar-refractivity contribution in [2.75, 3.05) is 52.5 Å². The average molecular weight is 618 g/mol. The van der Waals surface area contributed by atoms with Crippen LogP contribution in [-0.4, -0.2) is 102 Å². The molecule has 44 heavy (non-hydrogen) atoms. The molecule has 238 valence electrons. The van der Waals surface area contributed by atoms with Gasteiger partial charge < -0.3 is 24.6 Å². The number of ether oxygens (including phenoxy) is 2. The molecule has 2 atom stereocenters. The Bertz CT molecular complexity index is 1320. The predicted molar refractivity (Wildman–Crippen MR) is 154 cm³/mol. The first-order chi connectivity index (χ1) is 21.1. The lowest BCUT2D eigenvalue weighted by atomic mass is 9.95. The first kappa shape index (κ1) is 31.7. The van der Waals surface area contributed by atoms with E-state index in [1.165, 1.54) is 12.1 Å². The number of fused-ring (bicyclic) bond motifs is 10. The molecule has 0 unspecified atom stereocenters. The van der Waals surface area contributed by atoms with Crippen LogP contribution in [0.3, 0.4) is 0 Å². The SMILES string of the molecule is CC(=O)N1CCOCCOc2cccc(n2)C(=O)N[C@@H]2C[C@@H](C(=O)N3CCC(CC3)C1)N(Cc1ccc(C(F)(F)F)cc1)C2. The first-order valence-corrected chi connectivity index (χ1v) is 15.0. The molecule has 0 spiro atoms. The maximum Gasteiger partial charge on any atom is 0.416 e. The summed E-state index contributed by atoms with van der Waals surface area (Å²) in [5.41, 5.74) is 0.0733. The minimum absolute atomic E-state index is 0.0316. The summed E-state index contributed by atoms with van der Waals surface area (Å²) in [7, 11) is 0. The number of amides is 3. The standard InChI is InChI=1S/C31H38F3N5O5/c1-21(40)38-13-14-43-15-16-44-28-4-2-3-26(36-28)29(41)35-25-17-27(30(42)37-11-9-23(18-38)10-12-37)39(20-25)19-22-5-7-24(8-6-22)31(32,33)34/h2-8,23,25,27H,9-20H2,1H3,(H,35,41)/t25-,27+/m1/s1. The molecule has 2 saturated heterocycles. The van der Waals surface area contributed by atoms with Gasteiger partial charge in [-0.3, -0.25) is 19.3 Å². The van der Waals surface area contributed by atoms with Crippen molar-refractivity contribution in [3.05, 3.63) is 59.3 Å². The van der Waals surface area contributed by atoms with Crippen molar-refractivity contribution in [2.24, 2.45) is 5.92 Å². The van der Waals surface area contributed by atoms with E-state index in [1.54, 1.807) is 30.0 Å². The second-order valence-corrected chi connectivity index (χ2v) is 11.6. The fourth-order valence-corrected chi connectivity index (χ4v) is 6.07. The van der Waals surface area contributed by atoms with Crippen LogP contribution in [0.5, 0.6) is 5.88 Å². The monoisotopic (exact) mass is 617 g/mol. The van der Waals surface area contributed by atoms with E-state index in [2.05, 4.69) is 10.3 Å². The number of carbonyl (C=O) groups is 3. The predicted octanol–water partition coefficient (Wildman–Crippen LogP) is 2.97. The molecule has 6 bridgehead atoms. The van der Waals surface area contributed by atoms with E-state index in [9.17, 15) is 27.6 Å². The molecule has 0 aliphatic carbocycles. The summed E-state index contributed by atoms with van der Waals surface area (Å²) in [5.74, 6) is 0.0106. The van der Waals surface area contributed by atoms with Crippen LogP contribution >= 0.6 is 0 Å². The minimum atomic E-state index is -4.44. The number of alkyl halides is 3. The van der Waals surface area contributed by atoms with Gasteiger partial charge in [-0.15, -0.1) is 0 Å². The summed E-state index contributed by atoms with van der Waals surface area (Å²) in [5, 5.41) is 2.99. The van der Waals surface area contributed by atoms with Crippen LogP contribution in [0.1, 0.15) is 47.8 Å². The molecule has 4 aliphatic rings. The number of piperidine rings is 1. The third-order valence-corrected chi connectivity index (χ3v) is 8.48. The number of nitrogens with one attached hydrogen (secondary N) is 1. The van der Waals surface area contributed by atoms with E-state index in [0.29, 0.717) is 57.9 Å². The van der Waals surface area contributed by atoms with Crippen molar-refractivity contribution in [3.63, 3.8) is 0 Å². The summed E-state index contributed by atoms with van der Waals surface area (Å²) in [6.07, 6.45) is -2.58. The first-order valence-electron chi connectivity index (χ1n) is 15.0. The summed E-state index contributed by atoms with van der Waals surface area (Å²) < 4.78 is 50.7. The van der Waals surface area contributed by atoms with E-state index in [4.69, 9.17) is 9.47 Å². The van der Waals surface area contributed by atoms with E-state index in [1.807, 2.05) is 9.80 Å². The van der Waals surface area contributed by atoms with Crippen LogP contribution in [0.25, 0.3) is 0 Å². The van der Waals surface area contributed by atoms with Gasteiger partial charge >= 0.3 is 6.18 Å². The van der Waals surface area contributed by atoms with Crippen LogP contribution in [-0.2, 0) is 27.0 Å². The number of carbonyl (C=O) groups excluding carboxylic acids is 3. The zero-order valence-electron chi connectivity index (χ0n) is 24.7. The molecule has 5 heterocycles. The Morgan fingerprint density at radius 2 is 1.75 bits per heavy atom. The molecule has 1 N–H and O–H groups in total. The van der Waals surface area contributed by atoms with Crippen molar-refractivity contribution >= 4 is 17.7 Å². The normalized spacial score (nSPS) is 24.4. The van der Waals surface area contributed by atoms with Crippen molar-refractivity contribution < 1.29 is 37.0 Å². The Labute approximate surface area is 254 Å². The maximum atomic E-state index is 13.9. The minimum Gasteiger partial charge on any atom is -0.475 e. The number of likely N-dealkylation sites (tertiary alicyclic amines) is 1. The zero-order chi connectivity index (χ0) is 31.3. The van der Waals surface area contributed by atoms with Crippen molar-refractivity contribution in [2.45, 2.75) is 51.0 Å². The van der Waals surface area contributed by atoms with Gasteiger partial charge in [0.25, 0.3) is 5.91 Å². The number of hydrogen-bond donors (Lipinski definition) is 1. The van der Waals surface area contributed by atoms with Gasteiger partial charge in [0.15, 0.2) is 0 Å². The van der Waals surface area contributed by atoms with Crippen LogP contribution in [0, 0.1) is 5.92 Å². The highest BCUT2D eigenvalue weighted by Crippen LogP contribution is 2.30. The molecule has 13 heteroatoms. The Hall–Kier alpha value is -3.71. The van der Waals surface area contributed by atoms with Gasteiger partial charge in [0, 0.05) is 58.3 Å². The van der Waals surface area contributed by atoms with Gasteiger partial charge in [-0.05, 0) is 48.9 Å². The summed E-state index contributed by atoms with van der Waals surface area (Å²) in [6.45, 7) is 5.14.